The van der Waals surface area contributed by atoms with E-state index in [2.05, 4.69) is 15.4 Å². The number of nitrogens with zero attached hydrogens (tertiary/aromatic N) is 3. The van der Waals surface area contributed by atoms with Gasteiger partial charge in [-0.15, -0.1) is 0 Å². The molecule has 0 saturated heterocycles. The molecule has 3 aromatic rings. The van der Waals surface area contributed by atoms with Crippen molar-refractivity contribution < 1.29 is 35.5 Å². The van der Waals surface area contributed by atoms with Gasteiger partial charge in [0.25, 0.3) is 5.91 Å². The second-order valence-electron chi connectivity index (χ2n) is 7.40. The summed E-state index contributed by atoms with van der Waals surface area (Å²) < 4.78 is 94.9. The first-order valence-electron chi connectivity index (χ1n) is 9.73. The first-order chi connectivity index (χ1) is 15.7. The quantitative estimate of drug-likeness (QED) is 0.378. The van der Waals surface area contributed by atoms with Crippen LogP contribution in [0.3, 0.4) is 0 Å². The number of alkyl halides is 7. The van der Waals surface area contributed by atoms with Crippen LogP contribution in [0.25, 0.3) is 5.69 Å². The lowest BCUT2D eigenvalue weighted by Gasteiger charge is -2.31. The van der Waals surface area contributed by atoms with Gasteiger partial charge in [-0.3, -0.25) is 4.79 Å². The number of anilines is 2. The molecular formula is C21H18F7N5O. The average molecular weight is 489 g/mol. The third kappa shape index (κ3) is 4.29. The predicted octanol–water partition coefficient (Wildman–Crippen LogP) is 5.26. The van der Waals surface area contributed by atoms with E-state index >= 15 is 0 Å². The molecule has 13 heteroatoms. The van der Waals surface area contributed by atoms with Crippen LogP contribution in [-0.2, 0) is 12.1 Å². The summed E-state index contributed by atoms with van der Waals surface area (Å²) in [6.07, 6.45) is -9.89. The number of halogens is 7. The van der Waals surface area contributed by atoms with Crippen molar-refractivity contribution in [2.24, 2.45) is 0 Å². The molecule has 1 heterocycles. The summed E-state index contributed by atoms with van der Waals surface area (Å²) in [4.78, 5) is 16.5. The van der Waals surface area contributed by atoms with E-state index in [0.717, 1.165) is 0 Å². The maximum Gasteiger partial charge on any atom is 0.435 e. The molecule has 0 saturated carbocycles. The highest BCUT2D eigenvalue weighted by molar-refractivity contribution is 6.06. The van der Waals surface area contributed by atoms with Gasteiger partial charge in [-0.1, -0.05) is 13.0 Å². The number of aromatic nitrogens is 3. The van der Waals surface area contributed by atoms with E-state index in [1.54, 1.807) is 0 Å². The molecule has 0 radical (unpaired) electrons. The number of benzene rings is 2. The minimum atomic E-state index is -6.24. The molecule has 0 spiro atoms. The number of hydrogen-bond acceptors (Lipinski definition) is 4. The number of nitrogens with one attached hydrogen (secondary N) is 1. The van der Waals surface area contributed by atoms with Crippen molar-refractivity contribution >= 4 is 17.3 Å². The monoisotopic (exact) mass is 489 g/mol. The van der Waals surface area contributed by atoms with Gasteiger partial charge in [-0.2, -0.15) is 31.4 Å². The molecule has 6 nitrogen and oxygen atoms in total. The number of rotatable bonds is 5. The summed E-state index contributed by atoms with van der Waals surface area (Å²) in [5.74, 6) is -0.722. The molecule has 1 amide bonds. The molecule has 2 aromatic carbocycles. The predicted molar refractivity (Wildman–Crippen MR) is 109 cm³/mol. The van der Waals surface area contributed by atoms with Gasteiger partial charge in [0.15, 0.2) is 0 Å². The standard InChI is InChI=1S/C21H18F7N5O/c1-3-12-7-14(19(22,20(23,24)25)21(26,27)28)6-11(2)17(12)32-18(34)13-4-5-16(15(29)8-13)33-10-30-9-31-33/h4-10H,3,29H2,1-2H3,(H,32,34). The fourth-order valence-corrected chi connectivity index (χ4v) is 3.43. The van der Waals surface area contributed by atoms with Crippen molar-refractivity contribution in [3.05, 3.63) is 65.2 Å². The molecule has 0 aliphatic carbocycles. The second kappa shape index (κ2) is 8.61. The molecule has 0 aliphatic heterocycles. The number of nitrogen functional groups attached to an aromatic ring is 1. The zero-order valence-electron chi connectivity index (χ0n) is 17.7. The Hall–Kier alpha value is -3.64. The van der Waals surface area contributed by atoms with Gasteiger partial charge in [-0.05, 0) is 48.7 Å². The summed E-state index contributed by atoms with van der Waals surface area (Å²) >= 11 is 0. The highest BCUT2D eigenvalue weighted by atomic mass is 19.4. The van der Waals surface area contributed by atoms with E-state index in [1.165, 1.54) is 49.4 Å². The highest BCUT2D eigenvalue weighted by Gasteiger charge is 2.73. The molecule has 0 atom stereocenters. The Morgan fingerprint density at radius 2 is 1.71 bits per heavy atom. The van der Waals surface area contributed by atoms with Crippen LogP contribution in [0.1, 0.15) is 34.0 Å². The SMILES string of the molecule is CCc1cc(C(F)(C(F)(F)F)C(F)(F)F)cc(C)c1NC(=O)c1ccc(-n2cncn2)c(N)c1. The maximum atomic E-state index is 14.5. The molecule has 0 aliphatic rings. The molecule has 0 fully saturated rings. The van der Waals surface area contributed by atoms with Crippen molar-refractivity contribution in [2.45, 2.75) is 38.3 Å². The van der Waals surface area contributed by atoms with E-state index in [4.69, 9.17) is 5.73 Å². The zero-order valence-corrected chi connectivity index (χ0v) is 17.7. The number of amides is 1. The van der Waals surface area contributed by atoms with Gasteiger partial charge in [-0.25, -0.2) is 14.1 Å². The molecule has 182 valence electrons. The Morgan fingerprint density at radius 1 is 1.06 bits per heavy atom. The van der Waals surface area contributed by atoms with Crippen LogP contribution >= 0.6 is 0 Å². The number of aryl methyl sites for hydroxylation is 2. The van der Waals surface area contributed by atoms with Crippen molar-refractivity contribution in [2.75, 3.05) is 11.1 Å². The van der Waals surface area contributed by atoms with Gasteiger partial charge >= 0.3 is 18.0 Å². The van der Waals surface area contributed by atoms with Gasteiger partial charge in [0.1, 0.15) is 12.7 Å². The van der Waals surface area contributed by atoms with Gasteiger partial charge in [0, 0.05) is 16.8 Å². The van der Waals surface area contributed by atoms with Crippen LogP contribution in [0.5, 0.6) is 0 Å². The van der Waals surface area contributed by atoms with E-state index in [1.807, 2.05) is 0 Å². The smallest absolute Gasteiger partial charge is 0.397 e. The summed E-state index contributed by atoms with van der Waals surface area (Å²) in [6, 6.07) is 5.10. The van der Waals surface area contributed by atoms with Crippen LogP contribution in [0.2, 0.25) is 0 Å². The van der Waals surface area contributed by atoms with Crippen molar-refractivity contribution in [3.8, 4) is 5.69 Å². The molecule has 1 aromatic heterocycles. The highest BCUT2D eigenvalue weighted by Crippen LogP contribution is 2.53. The normalized spacial score (nSPS) is 12.6. The number of nitrogens with two attached hydrogens (primary N) is 1. The average Bonchev–Trinajstić information content (AvgIpc) is 3.27. The second-order valence-corrected chi connectivity index (χ2v) is 7.40. The van der Waals surface area contributed by atoms with Gasteiger partial charge in [0.05, 0.1) is 11.4 Å². The zero-order chi connectivity index (χ0) is 25.5. The Labute approximate surface area is 188 Å². The number of hydrogen-bond donors (Lipinski definition) is 2. The van der Waals surface area contributed by atoms with E-state index < -0.39 is 29.5 Å². The molecule has 3 rings (SSSR count). The van der Waals surface area contributed by atoms with Crippen molar-refractivity contribution in [1.82, 2.24) is 14.8 Å². The van der Waals surface area contributed by atoms with Crippen LogP contribution < -0.4 is 11.1 Å². The molecule has 0 bridgehead atoms. The molecule has 34 heavy (non-hydrogen) atoms. The lowest BCUT2D eigenvalue weighted by molar-refractivity contribution is -0.348. The minimum absolute atomic E-state index is 0.0260. The summed E-state index contributed by atoms with van der Waals surface area (Å²) in [5.41, 5.74) is -0.863. The first-order valence-corrected chi connectivity index (χ1v) is 9.73. The van der Waals surface area contributed by atoms with Crippen LogP contribution in [0, 0.1) is 6.92 Å². The Morgan fingerprint density at radius 3 is 2.21 bits per heavy atom. The fourth-order valence-electron chi connectivity index (χ4n) is 3.43. The van der Waals surface area contributed by atoms with Crippen LogP contribution in [0.15, 0.2) is 43.0 Å². The first kappa shape index (κ1) is 25.0. The molecule has 0 unspecified atom stereocenters. The van der Waals surface area contributed by atoms with Crippen molar-refractivity contribution in [1.29, 1.82) is 0 Å². The summed E-state index contributed by atoms with van der Waals surface area (Å²) in [7, 11) is 0. The number of carbonyl (C=O) groups excluding carboxylic acids is 1. The topological polar surface area (TPSA) is 85.8 Å². The maximum absolute atomic E-state index is 14.5. The van der Waals surface area contributed by atoms with E-state index in [0.29, 0.717) is 17.8 Å². The van der Waals surface area contributed by atoms with Gasteiger partial charge < -0.3 is 11.1 Å². The van der Waals surface area contributed by atoms with Crippen LogP contribution in [-0.4, -0.2) is 33.0 Å². The Kier molecular flexibility index (Phi) is 6.33. The van der Waals surface area contributed by atoms with Crippen molar-refractivity contribution in [3.63, 3.8) is 0 Å². The lowest BCUT2D eigenvalue weighted by Crippen LogP contribution is -2.50. The Bertz CT molecular complexity index is 1190. The third-order valence-corrected chi connectivity index (χ3v) is 5.17. The summed E-state index contributed by atoms with van der Waals surface area (Å²) in [5, 5.41) is 6.39. The largest absolute Gasteiger partial charge is 0.435 e. The van der Waals surface area contributed by atoms with Gasteiger partial charge in [0.2, 0.25) is 0 Å². The van der Waals surface area contributed by atoms with E-state index in [9.17, 15) is 35.5 Å². The molecular weight excluding hydrogens is 471 g/mol. The van der Waals surface area contributed by atoms with Crippen LogP contribution in [0.4, 0.5) is 42.1 Å². The lowest BCUT2D eigenvalue weighted by atomic mass is 9.89. The number of carbonyl (C=O) groups is 1. The Balaban J connectivity index is 1.99. The third-order valence-electron chi connectivity index (χ3n) is 5.17. The fraction of sp³-hybridized carbons (Fsp3) is 0.286. The molecule has 3 N–H and O–H groups in total. The summed E-state index contributed by atoms with van der Waals surface area (Å²) in [6.45, 7) is 2.62. The minimum Gasteiger partial charge on any atom is -0.397 e. The van der Waals surface area contributed by atoms with E-state index in [-0.39, 0.29) is 34.5 Å².